The SMILES string of the molecule is c1ccc(Oc2cccc(NCc3csnn3)c2)cc1. The number of benzene rings is 2. The fraction of sp³-hybridized carbons (Fsp3) is 0.0667. The predicted molar refractivity (Wildman–Crippen MR) is 80.2 cm³/mol. The predicted octanol–water partition coefficient (Wildman–Crippen LogP) is 3.94. The molecule has 3 aromatic rings. The molecule has 0 aliphatic rings. The second-order valence-corrected chi connectivity index (χ2v) is 4.80. The molecule has 0 aliphatic heterocycles. The molecule has 20 heavy (non-hydrogen) atoms. The first kappa shape index (κ1) is 12.6. The molecule has 2 aromatic carbocycles. The van der Waals surface area contributed by atoms with Gasteiger partial charge in [-0.2, -0.15) is 0 Å². The number of ether oxygens (including phenoxy) is 1. The van der Waals surface area contributed by atoms with Gasteiger partial charge in [-0.1, -0.05) is 28.8 Å². The highest BCUT2D eigenvalue weighted by molar-refractivity contribution is 7.03. The van der Waals surface area contributed by atoms with Gasteiger partial charge in [0.25, 0.3) is 0 Å². The van der Waals surface area contributed by atoms with Gasteiger partial charge >= 0.3 is 0 Å². The van der Waals surface area contributed by atoms with Crippen molar-refractivity contribution in [3.05, 3.63) is 65.7 Å². The highest BCUT2D eigenvalue weighted by atomic mass is 32.1. The minimum absolute atomic E-state index is 0.658. The third kappa shape index (κ3) is 3.33. The van der Waals surface area contributed by atoms with Crippen LogP contribution in [0.15, 0.2) is 60.0 Å². The van der Waals surface area contributed by atoms with E-state index in [0.717, 1.165) is 22.9 Å². The van der Waals surface area contributed by atoms with Gasteiger partial charge in [-0.05, 0) is 35.8 Å². The van der Waals surface area contributed by atoms with E-state index in [4.69, 9.17) is 4.74 Å². The molecule has 100 valence electrons. The Morgan fingerprint density at radius 1 is 1.00 bits per heavy atom. The third-order valence-electron chi connectivity index (χ3n) is 2.69. The zero-order valence-corrected chi connectivity index (χ0v) is 11.5. The van der Waals surface area contributed by atoms with Gasteiger partial charge in [0.1, 0.15) is 11.5 Å². The van der Waals surface area contributed by atoms with E-state index in [2.05, 4.69) is 14.9 Å². The molecule has 5 heteroatoms. The van der Waals surface area contributed by atoms with Crippen molar-refractivity contribution in [2.45, 2.75) is 6.54 Å². The molecule has 1 N–H and O–H groups in total. The number of para-hydroxylation sites is 1. The van der Waals surface area contributed by atoms with E-state index < -0.39 is 0 Å². The molecular formula is C15H13N3OS. The molecule has 0 atom stereocenters. The second-order valence-electron chi connectivity index (χ2n) is 4.19. The van der Waals surface area contributed by atoms with Crippen molar-refractivity contribution in [3.63, 3.8) is 0 Å². The lowest BCUT2D eigenvalue weighted by molar-refractivity contribution is 0.483. The van der Waals surface area contributed by atoms with E-state index in [0.29, 0.717) is 6.54 Å². The topological polar surface area (TPSA) is 47.0 Å². The van der Waals surface area contributed by atoms with E-state index in [1.807, 2.05) is 60.0 Å². The van der Waals surface area contributed by atoms with Crippen LogP contribution in [0.2, 0.25) is 0 Å². The molecule has 1 heterocycles. The molecule has 0 radical (unpaired) electrons. The lowest BCUT2D eigenvalue weighted by Gasteiger charge is -2.08. The van der Waals surface area contributed by atoms with Crippen molar-refractivity contribution in [2.75, 3.05) is 5.32 Å². The number of nitrogens with zero attached hydrogens (tertiary/aromatic N) is 2. The second kappa shape index (κ2) is 6.16. The van der Waals surface area contributed by atoms with Gasteiger partial charge in [-0.3, -0.25) is 0 Å². The Balaban J connectivity index is 1.66. The van der Waals surface area contributed by atoms with E-state index >= 15 is 0 Å². The molecule has 0 aliphatic carbocycles. The van der Waals surface area contributed by atoms with Crippen molar-refractivity contribution in [3.8, 4) is 11.5 Å². The van der Waals surface area contributed by atoms with Crippen LogP contribution in [0.25, 0.3) is 0 Å². The van der Waals surface area contributed by atoms with Gasteiger partial charge in [-0.15, -0.1) is 5.10 Å². The molecule has 1 aromatic heterocycles. The molecule has 0 amide bonds. The maximum Gasteiger partial charge on any atom is 0.129 e. The van der Waals surface area contributed by atoms with Crippen molar-refractivity contribution >= 4 is 17.2 Å². The Labute approximate surface area is 121 Å². The minimum atomic E-state index is 0.658. The Kier molecular flexibility index (Phi) is 3.89. The third-order valence-corrected chi connectivity index (χ3v) is 3.25. The summed E-state index contributed by atoms with van der Waals surface area (Å²) in [5, 5.41) is 9.22. The van der Waals surface area contributed by atoms with Crippen LogP contribution in [0.4, 0.5) is 5.69 Å². The molecule has 3 rings (SSSR count). The molecule has 0 unspecified atom stereocenters. The first-order chi connectivity index (χ1) is 9.90. The fourth-order valence-electron chi connectivity index (χ4n) is 1.75. The molecule has 0 saturated carbocycles. The van der Waals surface area contributed by atoms with Gasteiger partial charge in [0.05, 0.1) is 12.2 Å². The van der Waals surface area contributed by atoms with Crippen molar-refractivity contribution in [1.82, 2.24) is 9.59 Å². The smallest absolute Gasteiger partial charge is 0.129 e. The van der Waals surface area contributed by atoms with Crippen LogP contribution in [0.5, 0.6) is 11.5 Å². The van der Waals surface area contributed by atoms with Crippen molar-refractivity contribution in [2.24, 2.45) is 0 Å². The van der Waals surface area contributed by atoms with Crippen LogP contribution in [0.3, 0.4) is 0 Å². The van der Waals surface area contributed by atoms with Crippen LogP contribution < -0.4 is 10.1 Å². The van der Waals surface area contributed by atoms with Crippen LogP contribution in [0.1, 0.15) is 5.69 Å². The van der Waals surface area contributed by atoms with Gasteiger partial charge in [0, 0.05) is 17.1 Å². The monoisotopic (exact) mass is 283 g/mol. The zero-order valence-electron chi connectivity index (χ0n) is 10.7. The summed E-state index contributed by atoms with van der Waals surface area (Å²) < 4.78 is 9.62. The summed E-state index contributed by atoms with van der Waals surface area (Å²) in [7, 11) is 0. The Morgan fingerprint density at radius 3 is 2.65 bits per heavy atom. The quantitative estimate of drug-likeness (QED) is 0.770. The van der Waals surface area contributed by atoms with Crippen molar-refractivity contribution in [1.29, 1.82) is 0 Å². The standard InChI is InChI=1S/C15H13N3OS/c1-2-6-14(7-3-1)19-15-8-4-5-12(9-15)16-10-13-11-20-18-17-13/h1-9,11,16H,10H2. The summed E-state index contributed by atoms with van der Waals surface area (Å²) in [5.74, 6) is 1.63. The fourth-order valence-corrected chi connectivity index (χ4v) is 2.20. The Bertz CT molecular complexity index is 656. The number of aromatic nitrogens is 2. The van der Waals surface area contributed by atoms with Crippen LogP contribution in [0, 0.1) is 0 Å². The Morgan fingerprint density at radius 2 is 1.85 bits per heavy atom. The summed E-state index contributed by atoms with van der Waals surface area (Å²) in [6.45, 7) is 0.658. The lowest BCUT2D eigenvalue weighted by Crippen LogP contribution is -1.99. The first-order valence-electron chi connectivity index (χ1n) is 6.23. The summed E-state index contributed by atoms with van der Waals surface area (Å²) >= 11 is 1.35. The first-order valence-corrected chi connectivity index (χ1v) is 7.06. The van der Waals surface area contributed by atoms with E-state index in [1.165, 1.54) is 11.5 Å². The molecule has 0 saturated heterocycles. The lowest BCUT2D eigenvalue weighted by atomic mass is 10.3. The number of anilines is 1. The summed E-state index contributed by atoms with van der Waals surface area (Å²) in [6, 6.07) is 17.6. The van der Waals surface area contributed by atoms with Crippen LogP contribution >= 0.6 is 11.5 Å². The molecule has 4 nitrogen and oxygen atoms in total. The highest BCUT2D eigenvalue weighted by Crippen LogP contribution is 2.24. The van der Waals surface area contributed by atoms with Crippen molar-refractivity contribution < 1.29 is 4.74 Å². The molecular weight excluding hydrogens is 270 g/mol. The average molecular weight is 283 g/mol. The number of nitrogens with one attached hydrogen (secondary N) is 1. The maximum absolute atomic E-state index is 5.79. The summed E-state index contributed by atoms with van der Waals surface area (Å²) in [6.07, 6.45) is 0. The maximum atomic E-state index is 5.79. The largest absolute Gasteiger partial charge is 0.457 e. The normalized spacial score (nSPS) is 10.2. The highest BCUT2D eigenvalue weighted by Gasteiger charge is 2.00. The van der Waals surface area contributed by atoms with E-state index in [-0.39, 0.29) is 0 Å². The van der Waals surface area contributed by atoms with E-state index in [9.17, 15) is 0 Å². The summed E-state index contributed by atoms with van der Waals surface area (Å²) in [4.78, 5) is 0. The van der Waals surface area contributed by atoms with Crippen LogP contribution in [-0.2, 0) is 6.54 Å². The van der Waals surface area contributed by atoms with Gasteiger partial charge < -0.3 is 10.1 Å². The summed E-state index contributed by atoms with van der Waals surface area (Å²) in [5.41, 5.74) is 1.93. The number of hydrogen-bond acceptors (Lipinski definition) is 5. The molecule has 0 bridgehead atoms. The van der Waals surface area contributed by atoms with E-state index in [1.54, 1.807) is 0 Å². The minimum Gasteiger partial charge on any atom is -0.457 e. The van der Waals surface area contributed by atoms with Crippen LogP contribution in [-0.4, -0.2) is 9.59 Å². The van der Waals surface area contributed by atoms with Gasteiger partial charge in [-0.25, -0.2) is 0 Å². The van der Waals surface area contributed by atoms with Gasteiger partial charge in [0.15, 0.2) is 0 Å². The molecule has 0 fully saturated rings. The number of rotatable bonds is 5. The van der Waals surface area contributed by atoms with Gasteiger partial charge in [0.2, 0.25) is 0 Å². The number of hydrogen-bond donors (Lipinski definition) is 1. The Hall–Kier alpha value is -2.40. The average Bonchev–Trinajstić information content (AvgIpc) is 3.00. The molecule has 0 spiro atoms. The zero-order chi connectivity index (χ0) is 13.6.